The van der Waals surface area contributed by atoms with E-state index in [1.807, 2.05) is 28.9 Å². The Morgan fingerprint density at radius 3 is 2.83 bits per heavy atom. The molecule has 0 spiro atoms. The Kier molecular flexibility index (Phi) is 6.56. The van der Waals surface area contributed by atoms with Crippen LogP contribution in [0.4, 0.5) is 0 Å². The number of piperidine rings is 1. The Morgan fingerprint density at radius 1 is 1.35 bits per heavy atom. The Morgan fingerprint density at radius 2 is 2.09 bits per heavy atom. The molecule has 8 heteroatoms. The minimum Gasteiger partial charge on any atom is -0.346 e. The fourth-order valence-corrected chi connectivity index (χ4v) is 2.96. The molecule has 2 heterocycles. The molecule has 1 aromatic heterocycles. The van der Waals surface area contributed by atoms with Crippen LogP contribution in [-0.2, 0) is 6.54 Å². The molecular weight excluding hydrogens is 382 g/mol. The van der Waals surface area contributed by atoms with Crippen molar-refractivity contribution in [1.82, 2.24) is 25.6 Å². The van der Waals surface area contributed by atoms with Crippen LogP contribution in [0, 0.1) is 0 Å². The summed E-state index contributed by atoms with van der Waals surface area (Å²) in [5.41, 5.74) is 1.40. The first kappa shape index (κ1) is 17.9. The quantitative estimate of drug-likeness (QED) is 0.826. The molecule has 1 fully saturated rings. The van der Waals surface area contributed by atoms with E-state index in [1.165, 1.54) is 0 Å². The van der Waals surface area contributed by atoms with E-state index in [0.717, 1.165) is 36.0 Å². The van der Waals surface area contributed by atoms with Crippen molar-refractivity contribution in [2.75, 3.05) is 13.1 Å². The lowest BCUT2D eigenvalue weighted by atomic mass is 10.1. The molecule has 0 radical (unpaired) electrons. The van der Waals surface area contributed by atoms with Gasteiger partial charge in [-0.25, -0.2) is 4.68 Å². The third kappa shape index (κ3) is 4.53. The maximum absolute atomic E-state index is 12.2. The SMILES string of the molecule is Cl.O=C(NCc1ccccc1Br)c1cn(C2CCNCC2)nn1. The molecule has 2 N–H and O–H groups in total. The van der Waals surface area contributed by atoms with Gasteiger partial charge < -0.3 is 10.6 Å². The summed E-state index contributed by atoms with van der Waals surface area (Å²) in [5, 5.41) is 14.3. The molecule has 6 nitrogen and oxygen atoms in total. The Bertz CT molecular complexity index is 657. The van der Waals surface area contributed by atoms with E-state index in [1.54, 1.807) is 6.20 Å². The van der Waals surface area contributed by atoms with Crippen LogP contribution in [0.15, 0.2) is 34.9 Å². The van der Waals surface area contributed by atoms with Gasteiger partial charge in [0.25, 0.3) is 5.91 Å². The van der Waals surface area contributed by atoms with E-state index in [9.17, 15) is 4.79 Å². The number of nitrogens with zero attached hydrogens (tertiary/aromatic N) is 3. The average molecular weight is 401 g/mol. The minimum atomic E-state index is -0.198. The van der Waals surface area contributed by atoms with Crippen LogP contribution in [0.2, 0.25) is 0 Å². The second-order valence-electron chi connectivity index (χ2n) is 5.34. The second-order valence-corrected chi connectivity index (χ2v) is 6.19. The zero-order chi connectivity index (χ0) is 15.4. The smallest absolute Gasteiger partial charge is 0.273 e. The first-order valence-electron chi connectivity index (χ1n) is 7.38. The molecule has 124 valence electrons. The lowest BCUT2D eigenvalue weighted by molar-refractivity contribution is 0.0945. The molecule has 23 heavy (non-hydrogen) atoms. The Hall–Kier alpha value is -1.44. The number of amides is 1. The highest BCUT2D eigenvalue weighted by molar-refractivity contribution is 9.10. The molecule has 1 aromatic carbocycles. The van der Waals surface area contributed by atoms with Gasteiger partial charge in [0.1, 0.15) is 0 Å². The molecular formula is C15H19BrClN5O. The lowest BCUT2D eigenvalue weighted by Gasteiger charge is -2.22. The standard InChI is InChI=1S/C15H18BrN5O.ClH/c16-13-4-2-1-3-11(13)9-18-15(22)14-10-21(20-19-14)12-5-7-17-8-6-12;/h1-4,10,12,17H,5-9H2,(H,18,22);1H. The number of aromatic nitrogens is 3. The van der Waals surface area contributed by atoms with Gasteiger partial charge in [-0.2, -0.15) is 0 Å². The second kappa shape index (κ2) is 8.42. The van der Waals surface area contributed by atoms with Crippen LogP contribution in [0.3, 0.4) is 0 Å². The van der Waals surface area contributed by atoms with Gasteiger partial charge in [-0.05, 0) is 37.6 Å². The first-order valence-corrected chi connectivity index (χ1v) is 8.17. The molecule has 3 rings (SSSR count). The summed E-state index contributed by atoms with van der Waals surface area (Å²) in [5.74, 6) is -0.198. The molecule has 0 unspecified atom stereocenters. The molecule has 1 amide bonds. The summed E-state index contributed by atoms with van der Waals surface area (Å²) in [6.07, 6.45) is 3.77. The third-order valence-electron chi connectivity index (χ3n) is 3.82. The van der Waals surface area contributed by atoms with E-state index in [0.29, 0.717) is 18.3 Å². The van der Waals surface area contributed by atoms with Gasteiger partial charge >= 0.3 is 0 Å². The molecule has 2 aromatic rings. The molecule has 0 atom stereocenters. The van der Waals surface area contributed by atoms with Gasteiger partial charge in [-0.3, -0.25) is 4.79 Å². The van der Waals surface area contributed by atoms with Crippen molar-refractivity contribution in [3.8, 4) is 0 Å². The summed E-state index contributed by atoms with van der Waals surface area (Å²) in [6, 6.07) is 8.14. The summed E-state index contributed by atoms with van der Waals surface area (Å²) >= 11 is 3.47. The topological polar surface area (TPSA) is 71.8 Å². The van der Waals surface area contributed by atoms with Crippen molar-refractivity contribution < 1.29 is 4.79 Å². The van der Waals surface area contributed by atoms with Gasteiger partial charge in [-0.15, -0.1) is 17.5 Å². The van der Waals surface area contributed by atoms with Crippen LogP contribution in [0.5, 0.6) is 0 Å². The van der Waals surface area contributed by atoms with E-state index in [4.69, 9.17) is 0 Å². The summed E-state index contributed by atoms with van der Waals surface area (Å²) in [7, 11) is 0. The number of carbonyl (C=O) groups is 1. The van der Waals surface area contributed by atoms with Crippen LogP contribution in [-0.4, -0.2) is 34.0 Å². The van der Waals surface area contributed by atoms with Gasteiger partial charge in [-0.1, -0.05) is 39.3 Å². The van der Waals surface area contributed by atoms with Crippen LogP contribution < -0.4 is 10.6 Å². The number of benzene rings is 1. The average Bonchev–Trinajstić information content (AvgIpc) is 3.05. The van der Waals surface area contributed by atoms with E-state index >= 15 is 0 Å². The number of carbonyl (C=O) groups excluding carboxylic acids is 1. The van der Waals surface area contributed by atoms with Crippen molar-refractivity contribution in [1.29, 1.82) is 0 Å². The lowest BCUT2D eigenvalue weighted by Crippen LogP contribution is -2.29. The van der Waals surface area contributed by atoms with Crippen LogP contribution >= 0.6 is 28.3 Å². The highest BCUT2D eigenvalue weighted by Crippen LogP contribution is 2.17. The van der Waals surface area contributed by atoms with Crippen molar-refractivity contribution in [2.45, 2.75) is 25.4 Å². The molecule has 0 saturated carbocycles. The number of rotatable bonds is 4. The summed E-state index contributed by atoms with van der Waals surface area (Å²) < 4.78 is 2.79. The largest absolute Gasteiger partial charge is 0.346 e. The highest BCUT2D eigenvalue weighted by atomic mass is 79.9. The van der Waals surface area contributed by atoms with Crippen LogP contribution in [0.1, 0.15) is 34.9 Å². The Balaban J connectivity index is 0.00000192. The molecule has 0 aliphatic carbocycles. The number of hydrogen-bond acceptors (Lipinski definition) is 4. The van der Waals surface area contributed by atoms with E-state index in [-0.39, 0.29) is 18.3 Å². The first-order chi connectivity index (χ1) is 10.7. The number of nitrogens with one attached hydrogen (secondary N) is 2. The van der Waals surface area contributed by atoms with Crippen molar-refractivity contribution in [3.63, 3.8) is 0 Å². The predicted molar refractivity (Wildman–Crippen MR) is 93.7 cm³/mol. The fourth-order valence-electron chi connectivity index (χ4n) is 2.54. The fraction of sp³-hybridized carbons (Fsp3) is 0.400. The third-order valence-corrected chi connectivity index (χ3v) is 4.60. The minimum absolute atomic E-state index is 0. The highest BCUT2D eigenvalue weighted by Gasteiger charge is 2.18. The zero-order valence-electron chi connectivity index (χ0n) is 12.5. The number of hydrogen-bond donors (Lipinski definition) is 2. The molecule has 0 bridgehead atoms. The van der Waals surface area contributed by atoms with Gasteiger partial charge in [0.2, 0.25) is 0 Å². The molecule has 1 aliphatic rings. The normalized spacial score (nSPS) is 15.0. The zero-order valence-corrected chi connectivity index (χ0v) is 14.9. The van der Waals surface area contributed by atoms with Gasteiger partial charge in [0.15, 0.2) is 5.69 Å². The van der Waals surface area contributed by atoms with E-state index in [2.05, 4.69) is 36.9 Å². The van der Waals surface area contributed by atoms with Crippen LogP contribution in [0.25, 0.3) is 0 Å². The predicted octanol–water partition coefficient (Wildman–Crippen LogP) is 2.32. The van der Waals surface area contributed by atoms with E-state index < -0.39 is 0 Å². The molecule has 1 aliphatic heterocycles. The molecule has 1 saturated heterocycles. The number of halogens is 2. The monoisotopic (exact) mass is 399 g/mol. The van der Waals surface area contributed by atoms with Crippen molar-refractivity contribution in [2.24, 2.45) is 0 Å². The summed E-state index contributed by atoms with van der Waals surface area (Å²) in [6.45, 7) is 2.42. The maximum atomic E-state index is 12.2. The van der Waals surface area contributed by atoms with Crippen molar-refractivity contribution in [3.05, 3.63) is 46.2 Å². The van der Waals surface area contributed by atoms with Crippen molar-refractivity contribution >= 4 is 34.2 Å². The summed E-state index contributed by atoms with van der Waals surface area (Å²) in [4.78, 5) is 12.2. The van der Waals surface area contributed by atoms with Gasteiger partial charge in [0, 0.05) is 11.0 Å². The van der Waals surface area contributed by atoms with Gasteiger partial charge in [0.05, 0.1) is 12.2 Å². The Labute approximate surface area is 149 Å². The maximum Gasteiger partial charge on any atom is 0.273 e.